The van der Waals surface area contributed by atoms with Gasteiger partial charge in [0.15, 0.2) is 6.29 Å². The highest BCUT2D eigenvalue weighted by molar-refractivity contribution is 9.10. The topological polar surface area (TPSA) is 20.3 Å². The van der Waals surface area contributed by atoms with Crippen LogP contribution < -0.4 is 4.90 Å². The maximum absolute atomic E-state index is 10.8. The first-order valence-electron chi connectivity index (χ1n) is 3.68. The zero-order chi connectivity index (χ0) is 10.0. The molecule has 0 atom stereocenters. The number of nitrogens with zero attached hydrogens (tertiary/aromatic N) is 1. The molecule has 1 rings (SSSR count). The van der Waals surface area contributed by atoms with Crippen LogP contribution in [-0.4, -0.2) is 20.4 Å². The van der Waals surface area contributed by atoms with Gasteiger partial charge >= 0.3 is 0 Å². The smallest absolute Gasteiger partial charge is 0.153 e. The molecule has 0 amide bonds. The van der Waals surface area contributed by atoms with Gasteiger partial charge in [-0.1, -0.05) is 11.6 Å². The number of carbonyl (C=O) groups is 1. The molecule has 4 heteroatoms. The molecule has 0 aromatic heterocycles. The maximum Gasteiger partial charge on any atom is 0.153 e. The summed E-state index contributed by atoms with van der Waals surface area (Å²) in [6.45, 7) is 0. The van der Waals surface area contributed by atoms with Crippen LogP contribution in [0.3, 0.4) is 0 Å². The molecule has 1 aromatic carbocycles. The number of aldehydes is 1. The summed E-state index contributed by atoms with van der Waals surface area (Å²) in [5.41, 5.74) is 1.43. The Morgan fingerprint density at radius 3 is 2.54 bits per heavy atom. The molecule has 2 nitrogen and oxygen atoms in total. The van der Waals surface area contributed by atoms with E-state index in [4.69, 9.17) is 11.6 Å². The lowest BCUT2D eigenvalue weighted by molar-refractivity contribution is 0.112. The van der Waals surface area contributed by atoms with Crippen LogP contribution in [0.5, 0.6) is 0 Å². The number of benzene rings is 1. The van der Waals surface area contributed by atoms with Crippen molar-refractivity contribution in [2.45, 2.75) is 0 Å². The van der Waals surface area contributed by atoms with Crippen LogP contribution in [0, 0.1) is 0 Å². The summed E-state index contributed by atoms with van der Waals surface area (Å²) < 4.78 is 0.648. The van der Waals surface area contributed by atoms with Gasteiger partial charge in [0.1, 0.15) is 0 Å². The van der Waals surface area contributed by atoms with E-state index in [9.17, 15) is 4.79 Å². The summed E-state index contributed by atoms with van der Waals surface area (Å²) >= 11 is 9.11. The average Bonchev–Trinajstić information content (AvgIpc) is 2.09. The molecule has 0 unspecified atom stereocenters. The minimum atomic E-state index is 0.549. The maximum atomic E-state index is 10.8. The van der Waals surface area contributed by atoms with Crippen molar-refractivity contribution in [1.29, 1.82) is 0 Å². The van der Waals surface area contributed by atoms with Gasteiger partial charge in [-0.2, -0.15) is 0 Å². The Hall–Kier alpha value is -0.540. The van der Waals surface area contributed by atoms with Crippen LogP contribution in [0.1, 0.15) is 10.4 Å². The third-order valence-corrected chi connectivity index (χ3v) is 3.11. The number of hydrogen-bond donors (Lipinski definition) is 0. The highest BCUT2D eigenvalue weighted by atomic mass is 79.9. The summed E-state index contributed by atoms with van der Waals surface area (Å²) in [7, 11) is 3.76. The van der Waals surface area contributed by atoms with Crippen molar-refractivity contribution in [2.24, 2.45) is 0 Å². The van der Waals surface area contributed by atoms with Crippen LogP contribution in [0.15, 0.2) is 16.6 Å². The second-order valence-electron chi connectivity index (χ2n) is 2.81. The molecule has 0 aliphatic carbocycles. The number of hydrogen-bond acceptors (Lipinski definition) is 2. The molecule has 0 fully saturated rings. The van der Waals surface area contributed by atoms with Gasteiger partial charge in [-0.3, -0.25) is 4.79 Å². The van der Waals surface area contributed by atoms with Crippen molar-refractivity contribution in [3.05, 3.63) is 27.2 Å². The molecule has 1 aromatic rings. The lowest BCUT2D eigenvalue weighted by Crippen LogP contribution is -2.11. The SMILES string of the molecule is CN(C)c1ccc(Cl)c(Br)c1C=O. The third-order valence-electron chi connectivity index (χ3n) is 1.71. The lowest BCUT2D eigenvalue weighted by Gasteiger charge is -2.16. The molecule has 0 N–H and O–H groups in total. The summed E-state index contributed by atoms with van der Waals surface area (Å²) in [5.74, 6) is 0. The van der Waals surface area contributed by atoms with E-state index in [-0.39, 0.29) is 0 Å². The van der Waals surface area contributed by atoms with Crippen LogP contribution in [-0.2, 0) is 0 Å². The monoisotopic (exact) mass is 261 g/mol. The first-order chi connectivity index (χ1) is 6.07. The molecule has 70 valence electrons. The molecule has 0 saturated carbocycles. The van der Waals surface area contributed by atoms with Gasteiger partial charge in [-0.25, -0.2) is 0 Å². The van der Waals surface area contributed by atoms with Crippen molar-refractivity contribution in [1.82, 2.24) is 0 Å². The number of carbonyl (C=O) groups excluding carboxylic acids is 1. The first kappa shape index (κ1) is 10.5. The Morgan fingerprint density at radius 1 is 1.46 bits per heavy atom. The van der Waals surface area contributed by atoms with Gasteiger partial charge in [0, 0.05) is 24.3 Å². The van der Waals surface area contributed by atoms with E-state index in [1.165, 1.54) is 0 Å². The summed E-state index contributed by atoms with van der Waals surface area (Å²) in [6, 6.07) is 3.57. The van der Waals surface area contributed by atoms with Crippen molar-refractivity contribution in [3.8, 4) is 0 Å². The second-order valence-corrected chi connectivity index (χ2v) is 4.01. The predicted octanol–water partition coefficient (Wildman–Crippen LogP) is 2.98. The van der Waals surface area contributed by atoms with Crippen molar-refractivity contribution in [2.75, 3.05) is 19.0 Å². The fourth-order valence-corrected chi connectivity index (χ4v) is 1.65. The Balaban J connectivity index is 3.38. The molecular formula is C9H9BrClNO. The van der Waals surface area contributed by atoms with E-state index in [2.05, 4.69) is 15.9 Å². The minimum Gasteiger partial charge on any atom is -0.377 e. The van der Waals surface area contributed by atoms with E-state index in [0.29, 0.717) is 15.1 Å². The number of rotatable bonds is 2. The zero-order valence-corrected chi connectivity index (χ0v) is 9.69. The Labute approximate surface area is 90.6 Å². The Bertz CT molecular complexity index is 339. The Morgan fingerprint density at radius 2 is 2.08 bits per heavy atom. The molecule has 0 aliphatic heterocycles. The van der Waals surface area contributed by atoms with Crippen molar-refractivity contribution < 1.29 is 4.79 Å². The van der Waals surface area contributed by atoms with E-state index >= 15 is 0 Å². The number of halogens is 2. The van der Waals surface area contributed by atoms with Crippen LogP contribution in [0.2, 0.25) is 5.02 Å². The Kier molecular flexibility index (Phi) is 3.33. The molecular weight excluding hydrogens is 253 g/mol. The van der Waals surface area contributed by atoms with Crippen LogP contribution >= 0.6 is 27.5 Å². The van der Waals surface area contributed by atoms with Gasteiger partial charge in [0.05, 0.1) is 10.6 Å². The largest absolute Gasteiger partial charge is 0.377 e. The molecule has 0 bridgehead atoms. The van der Waals surface area contributed by atoms with Gasteiger partial charge in [-0.05, 0) is 28.1 Å². The molecule has 0 heterocycles. The van der Waals surface area contributed by atoms with Gasteiger partial charge in [0.2, 0.25) is 0 Å². The second kappa shape index (κ2) is 4.11. The highest BCUT2D eigenvalue weighted by Crippen LogP contribution is 2.31. The quantitative estimate of drug-likeness (QED) is 0.764. The van der Waals surface area contributed by atoms with Gasteiger partial charge in [0.25, 0.3) is 0 Å². The first-order valence-corrected chi connectivity index (χ1v) is 4.85. The molecule has 0 aliphatic rings. The van der Waals surface area contributed by atoms with Crippen LogP contribution in [0.4, 0.5) is 5.69 Å². The van der Waals surface area contributed by atoms with E-state index < -0.39 is 0 Å². The van der Waals surface area contributed by atoms with Gasteiger partial charge < -0.3 is 4.90 Å². The lowest BCUT2D eigenvalue weighted by atomic mass is 10.2. The van der Waals surface area contributed by atoms with Crippen molar-refractivity contribution in [3.63, 3.8) is 0 Å². The van der Waals surface area contributed by atoms with Crippen molar-refractivity contribution >= 4 is 39.5 Å². The summed E-state index contributed by atoms with van der Waals surface area (Å²) in [6.07, 6.45) is 0.797. The normalized spacial score (nSPS) is 9.85. The number of anilines is 1. The standard InChI is InChI=1S/C9H9BrClNO/c1-12(2)8-4-3-7(11)9(10)6(8)5-13/h3-5H,1-2H3. The summed E-state index contributed by atoms with van der Waals surface area (Å²) in [5, 5.41) is 0.549. The molecule has 0 spiro atoms. The fraction of sp³-hybridized carbons (Fsp3) is 0.222. The predicted molar refractivity (Wildman–Crippen MR) is 58.9 cm³/mol. The highest BCUT2D eigenvalue weighted by Gasteiger charge is 2.10. The average molecular weight is 263 g/mol. The van der Waals surface area contributed by atoms with E-state index in [1.54, 1.807) is 6.07 Å². The minimum absolute atomic E-state index is 0.549. The van der Waals surface area contributed by atoms with Gasteiger partial charge in [-0.15, -0.1) is 0 Å². The van der Waals surface area contributed by atoms with E-state index in [1.807, 2.05) is 25.1 Å². The van der Waals surface area contributed by atoms with E-state index in [0.717, 1.165) is 12.0 Å². The van der Waals surface area contributed by atoms with Crippen LogP contribution in [0.25, 0.3) is 0 Å². The molecule has 0 saturated heterocycles. The zero-order valence-electron chi connectivity index (χ0n) is 7.34. The fourth-order valence-electron chi connectivity index (χ4n) is 1.06. The third kappa shape index (κ3) is 2.03. The summed E-state index contributed by atoms with van der Waals surface area (Å²) in [4.78, 5) is 12.7. The molecule has 13 heavy (non-hydrogen) atoms. The molecule has 0 radical (unpaired) electrons.